The Hall–Kier alpha value is -1.02. The minimum Gasteiger partial charge on any atom is -0.494 e. The third kappa shape index (κ3) is 4.69. The van der Waals surface area contributed by atoms with Gasteiger partial charge in [0.15, 0.2) is 0 Å². The summed E-state index contributed by atoms with van der Waals surface area (Å²) in [5, 5.41) is 3.33. The third-order valence-corrected chi connectivity index (χ3v) is 3.92. The first-order valence-corrected chi connectivity index (χ1v) is 7.09. The van der Waals surface area contributed by atoms with Crippen LogP contribution >= 0.6 is 0 Å². The normalized spacial score (nSPS) is 11.5. The van der Waals surface area contributed by atoms with Crippen LogP contribution in [0.25, 0.3) is 0 Å². The van der Waals surface area contributed by atoms with Crippen molar-refractivity contribution >= 4 is 0 Å². The van der Waals surface area contributed by atoms with Gasteiger partial charge in [0, 0.05) is 6.54 Å². The van der Waals surface area contributed by atoms with Crippen LogP contribution in [-0.4, -0.2) is 20.2 Å². The summed E-state index contributed by atoms with van der Waals surface area (Å²) in [6, 6.07) is 10.1. The average molecular weight is 249 g/mol. The van der Waals surface area contributed by atoms with Gasteiger partial charge in [0.2, 0.25) is 0 Å². The van der Waals surface area contributed by atoms with E-state index >= 15 is 0 Å². The van der Waals surface area contributed by atoms with E-state index in [1.165, 1.54) is 19.3 Å². The first kappa shape index (κ1) is 15.0. The van der Waals surface area contributed by atoms with Crippen LogP contribution in [0.1, 0.15) is 39.5 Å². The first-order chi connectivity index (χ1) is 8.76. The minimum absolute atomic E-state index is 0.439. The molecule has 0 aliphatic rings. The molecule has 0 spiro atoms. The highest BCUT2D eigenvalue weighted by atomic mass is 16.5. The number of rotatable bonds is 9. The Balaban J connectivity index is 2.31. The molecule has 0 aliphatic heterocycles. The van der Waals surface area contributed by atoms with E-state index < -0.39 is 0 Å². The molecule has 0 bridgehead atoms. The van der Waals surface area contributed by atoms with E-state index in [1.807, 2.05) is 37.4 Å². The molecule has 0 saturated heterocycles. The Bertz CT molecular complexity index is 306. The highest BCUT2D eigenvalue weighted by Gasteiger charge is 2.24. The van der Waals surface area contributed by atoms with Gasteiger partial charge in [-0.15, -0.1) is 0 Å². The molecule has 1 aromatic carbocycles. The highest BCUT2D eigenvalue weighted by molar-refractivity contribution is 5.20. The van der Waals surface area contributed by atoms with E-state index in [-0.39, 0.29) is 0 Å². The molecule has 0 aliphatic carbocycles. The lowest BCUT2D eigenvalue weighted by Crippen LogP contribution is -2.31. The lowest BCUT2D eigenvalue weighted by atomic mass is 9.78. The summed E-state index contributed by atoms with van der Waals surface area (Å²) < 4.78 is 5.75. The van der Waals surface area contributed by atoms with Gasteiger partial charge in [0.25, 0.3) is 0 Å². The van der Waals surface area contributed by atoms with Crippen LogP contribution in [0.5, 0.6) is 5.75 Å². The number of benzene rings is 1. The Morgan fingerprint density at radius 1 is 1.11 bits per heavy atom. The maximum absolute atomic E-state index is 5.75. The van der Waals surface area contributed by atoms with Crippen molar-refractivity contribution in [3.05, 3.63) is 30.3 Å². The predicted molar refractivity (Wildman–Crippen MR) is 78.1 cm³/mol. The molecule has 1 N–H and O–H groups in total. The summed E-state index contributed by atoms with van der Waals surface area (Å²) in [6.45, 7) is 6.50. The van der Waals surface area contributed by atoms with Crippen molar-refractivity contribution in [3.63, 3.8) is 0 Å². The Morgan fingerprint density at radius 3 is 2.33 bits per heavy atom. The summed E-state index contributed by atoms with van der Waals surface area (Å²) in [6.07, 6.45) is 4.82. The van der Waals surface area contributed by atoms with E-state index in [9.17, 15) is 0 Å². The molecule has 0 aromatic heterocycles. The second kappa shape index (κ2) is 8.15. The summed E-state index contributed by atoms with van der Waals surface area (Å²) in [5.74, 6) is 0.977. The zero-order valence-electron chi connectivity index (χ0n) is 12.0. The number of hydrogen-bond acceptors (Lipinski definition) is 2. The van der Waals surface area contributed by atoms with Crippen LogP contribution in [0, 0.1) is 5.41 Å². The van der Waals surface area contributed by atoms with Crippen LogP contribution in [0.3, 0.4) is 0 Å². The second-order valence-electron chi connectivity index (χ2n) is 5.00. The number of hydrogen-bond donors (Lipinski definition) is 1. The zero-order chi connectivity index (χ0) is 13.3. The molecule has 1 rings (SSSR count). The Kier molecular flexibility index (Phi) is 6.81. The zero-order valence-corrected chi connectivity index (χ0v) is 12.0. The molecule has 0 amide bonds. The molecular formula is C16H27NO. The van der Waals surface area contributed by atoms with Crippen molar-refractivity contribution in [3.8, 4) is 5.75 Å². The topological polar surface area (TPSA) is 21.3 Å². The van der Waals surface area contributed by atoms with Gasteiger partial charge >= 0.3 is 0 Å². The summed E-state index contributed by atoms with van der Waals surface area (Å²) in [4.78, 5) is 0. The standard InChI is InChI=1S/C16H27NO/c1-4-16(5-2,14-17-3)12-9-13-18-15-10-7-6-8-11-15/h6-8,10-11,17H,4-5,9,12-14H2,1-3H3. The second-order valence-corrected chi connectivity index (χ2v) is 5.00. The molecule has 18 heavy (non-hydrogen) atoms. The van der Waals surface area contributed by atoms with Crippen molar-refractivity contribution in [2.45, 2.75) is 39.5 Å². The fourth-order valence-corrected chi connectivity index (χ4v) is 2.47. The molecule has 2 heteroatoms. The quantitative estimate of drug-likeness (QED) is 0.671. The first-order valence-electron chi connectivity index (χ1n) is 7.09. The Labute approximate surface area is 112 Å². The van der Waals surface area contributed by atoms with Crippen molar-refractivity contribution in [2.75, 3.05) is 20.2 Å². The van der Waals surface area contributed by atoms with Gasteiger partial charge in [0.05, 0.1) is 6.61 Å². The SMILES string of the molecule is CCC(CC)(CCCOc1ccccc1)CNC. The largest absolute Gasteiger partial charge is 0.494 e. The van der Waals surface area contributed by atoms with Gasteiger partial charge < -0.3 is 10.1 Å². The third-order valence-electron chi connectivity index (χ3n) is 3.92. The van der Waals surface area contributed by atoms with Gasteiger partial charge in [-0.2, -0.15) is 0 Å². The smallest absolute Gasteiger partial charge is 0.119 e. The van der Waals surface area contributed by atoms with Crippen LogP contribution in [0.2, 0.25) is 0 Å². The predicted octanol–water partition coefficient (Wildman–Crippen LogP) is 3.87. The molecule has 0 saturated carbocycles. The summed E-state index contributed by atoms with van der Waals surface area (Å²) in [5.41, 5.74) is 0.439. The minimum atomic E-state index is 0.439. The molecule has 0 atom stereocenters. The van der Waals surface area contributed by atoms with E-state index in [1.54, 1.807) is 0 Å². The fraction of sp³-hybridized carbons (Fsp3) is 0.625. The molecule has 1 aromatic rings. The van der Waals surface area contributed by atoms with Crippen LogP contribution in [-0.2, 0) is 0 Å². The highest BCUT2D eigenvalue weighted by Crippen LogP contribution is 2.31. The molecule has 0 heterocycles. The monoisotopic (exact) mass is 249 g/mol. The van der Waals surface area contributed by atoms with Gasteiger partial charge in [0.1, 0.15) is 5.75 Å². The number of ether oxygens (including phenoxy) is 1. The summed E-state index contributed by atoms with van der Waals surface area (Å²) in [7, 11) is 2.04. The van der Waals surface area contributed by atoms with Gasteiger partial charge in [-0.25, -0.2) is 0 Å². The molecule has 102 valence electrons. The van der Waals surface area contributed by atoms with Crippen LogP contribution in [0.15, 0.2) is 30.3 Å². The van der Waals surface area contributed by atoms with Crippen molar-refractivity contribution in [1.82, 2.24) is 5.32 Å². The maximum Gasteiger partial charge on any atom is 0.119 e. The molecule has 0 radical (unpaired) electrons. The van der Waals surface area contributed by atoms with Gasteiger partial charge in [-0.3, -0.25) is 0 Å². The van der Waals surface area contributed by atoms with E-state index in [2.05, 4.69) is 19.2 Å². The van der Waals surface area contributed by atoms with E-state index in [0.29, 0.717) is 5.41 Å². The Morgan fingerprint density at radius 2 is 1.78 bits per heavy atom. The summed E-state index contributed by atoms with van der Waals surface area (Å²) >= 11 is 0. The molecule has 0 unspecified atom stereocenters. The maximum atomic E-state index is 5.75. The van der Waals surface area contributed by atoms with Gasteiger partial charge in [-0.05, 0) is 50.3 Å². The molecule has 2 nitrogen and oxygen atoms in total. The van der Waals surface area contributed by atoms with Crippen molar-refractivity contribution in [2.24, 2.45) is 5.41 Å². The average Bonchev–Trinajstić information content (AvgIpc) is 2.43. The van der Waals surface area contributed by atoms with Crippen molar-refractivity contribution in [1.29, 1.82) is 0 Å². The van der Waals surface area contributed by atoms with Crippen LogP contribution in [0.4, 0.5) is 0 Å². The van der Waals surface area contributed by atoms with Crippen LogP contribution < -0.4 is 10.1 Å². The number of nitrogens with one attached hydrogen (secondary N) is 1. The van der Waals surface area contributed by atoms with Crippen molar-refractivity contribution < 1.29 is 4.74 Å². The molecular weight excluding hydrogens is 222 g/mol. The lowest BCUT2D eigenvalue weighted by Gasteiger charge is -2.31. The fourth-order valence-electron chi connectivity index (χ4n) is 2.47. The number of para-hydroxylation sites is 1. The van der Waals surface area contributed by atoms with Gasteiger partial charge in [-0.1, -0.05) is 32.0 Å². The lowest BCUT2D eigenvalue weighted by molar-refractivity contribution is 0.202. The van der Waals surface area contributed by atoms with E-state index in [4.69, 9.17) is 4.74 Å². The van der Waals surface area contributed by atoms with E-state index in [0.717, 1.165) is 25.3 Å². The molecule has 0 fully saturated rings.